The zero-order valence-corrected chi connectivity index (χ0v) is 22.9. The van der Waals surface area contributed by atoms with Crippen LogP contribution in [0, 0.1) is 6.92 Å². The van der Waals surface area contributed by atoms with Crippen molar-refractivity contribution in [2.75, 3.05) is 17.6 Å². The maximum atomic E-state index is 13.3. The summed E-state index contributed by atoms with van der Waals surface area (Å²) >= 11 is 0. The fourth-order valence-corrected chi connectivity index (χ4v) is 4.32. The molecule has 0 saturated heterocycles. The highest BCUT2D eigenvalue weighted by molar-refractivity contribution is 6.07. The molecule has 3 aromatic heterocycles. The number of nitrogen functional groups attached to an aromatic ring is 1. The summed E-state index contributed by atoms with van der Waals surface area (Å²) in [5, 5.41) is 5.64. The highest BCUT2D eigenvalue weighted by Crippen LogP contribution is 2.30. The van der Waals surface area contributed by atoms with Gasteiger partial charge in [0, 0.05) is 36.3 Å². The van der Waals surface area contributed by atoms with Gasteiger partial charge >= 0.3 is 6.09 Å². The summed E-state index contributed by atoms with van der Waals surface area (Å²) in [6.07, 6.45) is 8.39. The largest absolute Gasteiger partial charge is 0.445 e. The molecule has 0 bridgehead atoms. The van der Waals surface area contributed by atoms with E-state index in [-0.39, 0.29) is 18.1 Å². The zero-order chi connectivity index (χ0) is 29.3. The molecule has 210 valence electrons. The Balaban J connectivity index is 1.21. The van der Waals surface area contributed by atoms with E-state index in [1.54, 1.807) is 24.8 Å². The van der Waals surface area contributed by atoms with Gasteiger partial charge < -0.3 is 21.1 Å². The Morgan fingerprint density at radius 1 is 0.857 bits per heavy atom. The predicted octanol–water partition coefficient (Wildman–Crippen LogP) is 5.21. The standard InChI is InChI=1S/C32H29N7O3/c1-21-17-34-14-12-25(21)26-13-15-35-18-28(26)39-31(40)29-30(33)37-19-27(38-29)24-9-7-22(8-10-24)11-16-36-32(41)42-20-23-5-3-2-4-6-23/h2-10,12-15,17-19H,11,16,20H2,1H3,(H2,33,37)(H,36,41)(H,39,40). The number of nitrogens with one attached hydrogen (secondary N) is 2. The molecule has 0 fully saturated rings. The lowest BCUT2D eigenvalue weighted by Crippen LogP contribution is -2.26. The second-order valence-corrected chi connectivity index (χ2v) is 9.49. The molecule has 2 aromatic carbocycles. The SMILES string of the molecule is Cc1cnccc1-c1ccncc1NC(=O)c1nc(-c2ccc(CCNC(=O)OCc3ccccc3)cc2)cnc1N. The van der Waals surface area contributed by atoms with Crippen LogP contribution < -0.4 is 16.4 Å². The first kappa shape index (κ1) is 27.9. The van der Waals surface area contributed by atoms with Crippen molar-refractivity contribution in [3.8, 4) is 22.4 Å². The van der Waals surface area contributed by atoms with Crippen molar-refractivity contribution in [1.82, 2.24) is 25.3 Å². The maximum absolute atomic E-state index is 13.3. The van der Waals surface area contributed by atoms with E-state index < -0.39 is 12.0 Å². The maximum Gasteiger partial charge on any atom is 0.407 e. The van der Waals surface area contributed by atoms with Crippen LogP contribution in [0.2, 0.25) is 0 Å². The van der Waals surface area contributed by atoms with Gasteiger partial charge in [0.15, 0.2) is 11.5 Å². The summed E-state index contributed by atoms with van der Waals surface area (Å²) in [7, 11) is 0. The van der Waals surface area contributed by atoms with Crippen molar-refractivity contribution >= 4 is 23.5 Å². The number of benzene rings is 2. The van der Waals surface area contributed by atoms with Crippen LogP contribution in [0.3, 0.4) is 0 Å². The number of amides is 2. The van der Waals surface area contributed by atoms with Gasteiger partial charge in [-0.1, -0.05) is 54.6 Å². The van der Waals surface area contributed by atoms with Crippen LogP contribution in [0.4, 0.5) is 16.3 Å². The minimum absolute atomic E-state index is 0.0102. The molecule has 10 heteroatoms. The normalized spacial score (nSPS) is 10.6. The molecule has 0 aliphatic heterocycles. The van der Waals surface area contributed by atoms with Gasteiger partial charge in [0.2, 0.25) is 0 Å². The highest BCUT2D eigenvalue weighted by atomic mass is 16.5. The number of nitrogens with zero attached hydrogens (tertiary/aromatic N) is 4. The molecule has 3 heterocycles. The van der Waals surface area contributed by atoms with Gasteiger partial charge in [-0.25, -0.2) is 14.8 Å². The summed E-state index contributed by atoms with van der Waals surface area (Å²) in [5.41, 5.74) is 12.5. The van der Waals surface area contributed by atoms with Gasteiger partial charge in [-0.15, -0.1) is 0 Å². The summed E-state index contributed by atoms with van der Waals surface area (Å²) in [5.74, 6) is -0.478. The Morgan fingerprint density at radius 2 is 1.60 bits per heavy atom. The van der Waals surface area contributed by atoms with Crippen LogP contribution in [0.1, 0.15) is 27.2 Å². The Kier molecular flexibility index (Phi) is 8.73. The van der Waals surface area contributed by atoms with Crippen molar-refractivity contribution in [3.05, 3.63) is 120 Å². The van der Waals surface area contributed by atoms with Gasteiger partial charge in [0.25, 0.3) is 5.91 Å². The lowest BCUT2D eigenvalue weighted by atomic mass is 10.0. The quantitative estimate of drug-likeness (QED) is 0.223. The Hall–Kier alpha value is -5.64. The number of aryl methyl sites for hydroxylation is 1. The fraction of sp³-hybridized carbons (Fsp3) is 0.125. The number of hydrogen-bond donors (Lipinski definition) is 3. The third-order valence-corrected chi connectivity index (χ3v) is 6.54. The van der Waals surface area contributed by atoms with E-state index in [0.717, 1.165) is 33.4 Å². The lowest BCUT2D eigenvalue weighted by Gasteiger charge is -2.13. The second-order valence-electron chi connectivity index (χ2n) is 9.49. The van der Waals surface area contributed by atoms with Crippen molar-refractivity contribution < 1.29 is 14.3 Å². The van der Waals surface area contributed by atoms with Crippen LogP contribution in [0.15, 0.2) is 97.7 Å². The Labute approximate surface area is 243 Å². The molecule has 0 radical (unpaired) electrons. The topological polar surface area (TPSA) is 145 Å². The van der Waals surface area contributed by atoms with Crippen LogP contribution in [-0.4, -0.2) is 38.5 Å². The third kappa shape index (κ3) is 6.92. The zero-order valence-electron chi connectivity index (χ0n) is 22.9. The van der Waals surface area contributed by atoms with Gasteiger partial charge in [-0.3, -0.25) is 14.8 Å². The number of anilines is 2. The summed E-state index contributed by atoms with van der Waals surface area (Å²) in [4.78, 5) is 42.3. The van der Waals surface area contributed by atoms with E-state index in [1.807, 2.05) is 73.7 Å². The van der Waals surface area contributed by atoms with Crippen molar-refractivity contribution in [3.63, 3.8) is 0 Å². The number of carbonyl (C=O) groups is 2. The summed E-state index contributed by atoms with van der Waals surface area (Å²) < 4.78 is 5.24. The van der Waals surface area contributed by atoms with E-state index in [4.69, 9.17) is 10.5 Å². The number of carbonyl (C=O) groups excluding carboxylic acids is 2. The third-order valence-electron chi connectivity index (χ3n) is 6.54. The molecule has 0 aliphatic carbocycles. The number of ether oxygens (including phenoxy) is 1. The van der Waals surface area contributed by atoms with Crippen LogP contribution in [0.5, 0.6) is 0 Å². The number of alkyl carbamates (subject to hydrolysis) is 1. The van der Waals surface area contributed by atoms with Gasteiger partial charge in [0.1, 0.15) is 6.61 Å². The average molecular weight is 560 g/mol. The van der Waals surface area contributed by atoms with Gasteiger partial charge in [-0.2, -0.15) is 0 Å². The first-order chi connectivity index (χ1) is 20.5. The number of rotatable bonds is 9. The average Bonchev–Trinajstić information content (AvgIpc) is 3.02. The van der Waals surface area contributed by atoms with Crippen LogP contribution in [0.25, 0.3) is 22.4 Å². The number of pyridine rings is 2. The molecule has 4 N–H and O–H groups in total. The predicted molar refractivity (Wildman–Crippen MR) is 160 cm³/mol. The van der Waals surface area contributed by atoms with E-state index in [0.29, 0.717) is 24.3 Å². The fourth-order valence-electron chi connectivity index (χ4n) is 4.32. The molecule has 2 amide bonds. The van der Waals surface area contributed by atoms with Crippen molar-refractivity contribution in [1.29, 1.82) is 0 Å². The van der Waals surface area contributed by atoms with E-state index in [2.05, 4.69) is 30.6 Å². The Bertz CT molecular complexity index is 1690. The van der Waals surface area contributed by atoms with Crippen molar-refractivity contribution in [2.45, 2.75) is 20.0 Å². The minimum Gasteiger partial charge on any atom is -0.445 e. The molecule has 0 saturated carbocycles. The van der Waals surface area contributed by atoms with Crippen LogP contribution >= 0.6 is 0 Å². The van der Waals surface area contributed by atoms with E-state index >= 15 is 0 Å². The molecule has 0 spiro atoms. The molecule has 5 aromatic rings. The van der Waals surface area contributed by atoms with Gasteiger partial charge in [0.05, 0.1) is 23.8 Å². The van der Waals surface area contributed by atoms with E-state index in [9.17, 15) is 9.59 Å². The number of nitrogens with two attached hydrogens (primary N) is 1. The molecular weight excluding hydrogens is 530 g/mol. The van der Waals surface area contributed by atoms with Crippen molar-refractivity contribution in [2.24, 2.45) is 0 Å². The molecule has 5 rings (SSSR count). The summed E-state index contributed by atoms with van der Waals surface area (Å²) in [6, 6.07) is 20.9. The van der Waals surface area contributed by atoms with Gasteiger partial charge in [-0.05, 0) is 47.7 Å². The minimum atomic E-state index is -0.496. The Morgan fingerprint density at radius 3 is 2.36 bits per heavy atom. The molecule has 42 heavy (non-hydrogen) atoms. The van der Waals surface area contributed by atoms with E-state index in [1.165, 1.54) is 6.20 Å². The smallest absolute Gasteiger partial charge is 0.407 e. The number of hydrogen-bond acceptors (Lipinski definition) is 8. The first-order valence-electron chi connectivity index (χ1n) is 13.3. The number of aromatic nitrogens is 4. The highest BCUT2D eigenvalue weighted by Gasteiger charge is 2.18. The molecule has 0 unspecified atom stereocenters. The van der Waals surface area contributed by atoms with Crippen LogP contribution in [-0.2, 0) is 17.8 Å². The lowest BCUT2D eigenvalue weighted by molar-refractivity contribution is 0.102. The molecule has 0 aliphatic rings. The first-order valence-corrected chi connectivity index (χ1v) is 13.3. The molecule has 0 atom stereocenters. The molecular formula is C32H29N7O3. The summed E-state index contributed by atoms with van der Waals surface area (Å²) in [6.45, 7) is 2.59. The monoisotopic (exact) mass is 559 g/mol. The second kappa shape index (κ2) is 13.1. The molecule has 10 nitrogen and oxygen atoms in total.